The summed E-state index contributed by atoms with van der Waals surface area (Å²) in [6.45, 7) is 12.6. The summed E-state index contributed by atoms with van der Waals surface area (Å²) in [7, 11) is 0. The number of hydrogen-bond acceptors (Lipinski definition) is 3. The van der Waals surface area contributed by atoms with E-state index in [1.165, 1.54) is 0 Å². The number of aromatic hydroxyl groups is 1. The van der Waals surface area contributed by atoms with Crippen molar-refractivity contribution in [2.45, 2.75) is 58.8 Å². The van der Waals surface area contributed by atoms with E-state index in [1.54, 1.807) is 11.8 Å². The molecule has 0 atom stereocenters. The van der Waals surface area contributed by atoms with Crippen molar-refractivity contribution in [1.82, 2.24) is 5.32 Å². The Morgan fingerprint density at radius 2 is 1.65 bits per heavy atom. The predicted octanol–water partition coefficient (Wildman–Crippen LogP) is 4.23. The molecule has 1 saturated heterocycles. The van der Waals surface area contributed by atoms with E-state index in [2.05, 4.69) is 59.0 Å². The van der Waals surface area contributed by atoms with Gasteiger partial charge in [-0.2, -0.15) is 0 Å². The molecular weight excluding hydrogens is 306 g/mol. The Balaban J connectivity index is 2.46. The highest BCUT2D eigenvalue weighted by Crippen LogP contribution is 2.40. The number of thioether (sulfide) groups is 1. The molecule has 126 valence electrons. The number of phenols is 1. The van der Waals surface area contributed by atoms with Gasteiger partial charge in [0.25, 0.3) is 5.91 Å². The van der Waals surface area contributed by atoms with E-state index in [9.17, 15) is 9.90 Å². The van der Waals surface area contributed by atoms with Crippen molar-refractivity contribution in [3.63, 3.8) is 0 Å². The van der Waals surface area contributed by atoms with Crippen molar-refractivity contribution in [1.29, 1.82) is 0 Å². The van der Waals surface area contributed by atoms with Gasteiger partial charge in [-0.25, -0.2) is 0 Å². The number of carbonyl (C=O) groups excluding carboxylic acids is 1. The largest absolute Gasteiger partial charge is 0.507 e. The van der Waals surface area contributed by atoms with E-state index in [4.69, 9.17) is 0 Å². The van der Waals surface area contributed by atoms with Crippen molar-refractivity contribution in [3.05, 3.63) is 39.8 Å². The fraction of sp³-hybridized carbons (Fsp3) is 0.526. The van der Waals surface area contributed by atoms with Gasteiger partial charge in [0.1, 0.15) is 5.75 Å². The molecule has 1 aliphatic heterocycles. The predicted molar refractivity (Wildman–Crippen MR) is 97.9 cm³/mol. The van der Waals surface area contributed by atoms with E-state index in [1.807, 2.05) is 6.08 Å². The molecule has 1 fully saturated rings. The molecule has 0 bridgehead atoms. The van der Waals surface area contributed by atoms with Crippen LogP contribution in [0.15, 0.2) is 23.1 Å². The third-order valence-electron chi connectivity index (χ3n) is 3.99. The molecule has 3 nitrogen and oxygen atoms in total. The topological polar surface area (TPSA) is 49.3 Å². The smallest absolute Gasteiger partial charge is 0.258 e. The van der Waals surface area contributed by atoms with Crippen LogP contribution in [0.25, 0.3) is 0 Å². The highest BCUT2D eigenvalue weighted by atomic mass is 32.2. The molecule has 0 aromatic heterocycles. The van der Waals surface area contributed by atoms with Crippen molar-refractivity contribution >= 4 is 17.7 Å². The number of carbonyl (C=O) groups is 1. The summed E-state index contributed by atoms with van der Waals surface area (Å²) in [5.41, 5.74) is 2.79. The summed E-state index contributed by atoms with van der Waals surface area (Å²) in [5, 5.41) is 13.5. The van der Waals surface area contributed by atoms with Crippen LogP contribution in [0.4, 0.5) is 0 Å². The zero-order valence-corrected chi connectivity index (χ0v) is 15.7. The van der Waals surface area contributed by atoms with Gasteiger partial charge in [0.05, 0.1) is 10.8 Å². The lowest BCUT2D eigenvalue weighted by Gasteiger charge is -2.28. The molecule has 0 saturated carbocycles. The SMILES string of the molecule is CC(C)(C)c1cc(C/C=C2/SCNC2=O)cc(C(C)(C)C)c1O. The first-order chi connectivity index (χ1) is 10.5. The van der Waals surface area contributed by atoms with Crippen LogP contribution in [0.2, 0.25) is 0 Å². The molecule has 0 aliphatic carbocycles. The highest BCUT2D eigenvalue weighted by molar-refractivity contribution is 8.04. The molecule has 0 radical (unpaired) electrons. The molecule has 23 heavy (non-hydrogen) atoms. The van der Waals surface area contributed by atoms with Crippen LogP contribution < -0.4 is 5.32 Å². The maximum atomic E-state index is 11.7. The molecule has 1 aromatic rings. The van der Waals surface area contributed by atoms with Crippen molar-refractivity contribution in [2.24, 2.45) is 0 Å². The van der Waals surface area contributed by atoms with Crippen LogP contribution >= 0.6 is 11.8 Å². The van der Waals surface area contributed by atoms with Gasteiger partial charge >= 0.3 is 0 Å². The van der Waals surface area contributed by atoms with E-state index in [0.717, 1.165) is 21.6 Å². The number of hydrogen-bond donors (Lipinski definition) is 2. The van der Waals surface area contributed by atoms with Crippen LogP contribution in [0.1, 0.15) is 58.2 Å². The summed E-state index contributed by atoms with van der Waals surface area (Å²) in [6, 6.07) is 4.14. The molecule has 1 heterocycles. The highest BCUT2D eigenvalue weighted by Gasteiger charge is 2.26. The minimum atomic E-state index is -0.132. The van der Waals surface area contributed by atoms with Gasteiger partial charge in [0, 0.05) is 0 Å². The Morgan fingerprint density at radius 1 is 1.13 bits per heavy atom. The van der Waals surface area contributed by atoms with Crippen molar-refractivity contribution < 1.29 is 9.90 Å². The fourth-order valence-corrected chi connectivity index (χ4v) is 3.41. The van der Waals surface area contributed by atoms with Gasteiger partial charge in [-0.1, -0.05) is 71.5 Å². The molecule has 2 rings (SSSR count). The van der Waals surface area contributed by atoms with Crippen LogP contribution in [0, 0.1) is 0 Å². The first-order valence-corrected chi connectivity index (χ1v) is 8.96. The van der Waals surface area contributed by atoms with Crippen LogP contribution in [-0.4, -0.2) is 16.9 Å². The minimum Gasteiger partial charge on any atom is -0.507 e. The number of rotatable bonds is 2. The summed E-state index contributed by atoms with van der Waals surface area (Å²) >= 11 is 1.54. The number of nitrogens with one attached hydrogen (secondary N) is 1. The molecule has 1 aromatic carbocycles. The van der Waals surface area contributed by atoms with Gasteiger partial charge in [-0.05, 0) is 33.9 Å². The molecule has 2 N–H and O–H groups in total. The first-order valence-electron chi connectivity index (χ1n) is 7.98. The normalized spacial score (nSPS) is 17.7. The average molecular weight is 333 g/mol. The van der Waals surface area contributed by atoms with Gasteiger partial charge in [-0.3, -0.25) is 4.79 Å². The summed E-state index contributed by atoms with van der Waals surface area (Å²) in [5.74, 6) is 1.07. The lowest BCUT2D eigenvalue weighted by atomic mass is 9.78. The van der Waals surface area contributed by atoms with Crippen molar-refractivity contribution in [2.75, 3.05) is 5.88 Å². The summed E-state index contributed by atoms with van der Waals surface area (Å²) in [6.07, 6.45) is 2.68. The zero-order valence-electron chi connectivity index (χ0n) is 14.9. The number of phenolic OH excluding ortho intramolecular Hbond substituents is 1. The minimum absolute atomic E-state index is 0.0147. The van der Waals surface area contributed by atoms with Gasteiger partial charge < -0.3 is 10.4 Å². The van der Waals surface area contributed by atoms with Crippen LogP contribution in [0.3, 0.4) is 0 Å². The number of amides is 1. The van der Waals surface area contributed by atoms with Crippen molar-refractivity contribution in [3.8, 4) is 5.75 Å². The quantitative estimate of drug-likeness (QED) is 0.796. The van der Waals surface area contributed by atoms with Crippen LogP contribution in [0.5, 0.6) is 5.75 Å². The Hall–Kier alpha value is -1.42. The summed E-state index contributed by atoms with van der Waals surface area (Å²) in [4.78, 5) is 12.4. The summed E-state index contributed by atoms with van der Waals surface area (Å²) < 4.78 is 0. The second-order valence-electron chi connectivity index (χ2n) is 8.11. The molecule has 0 spiro atoms. The lowest BCUT2D eigenvalue weighted by Crippen LogP contribution is -2.18. The molecule has 4 heteroatoms. The standard InChI is InChI=1S/C19H27NO2S/c1-18(2,3)13-9-12(7-8-15-17(22)20-11-23-15)10-14(16(13)21)19(4,5)6/h8-10,21H,7,11H2,1-6H3,(H,20,22)/b15-8+. The van der Waals surface area contributed by atoms with Crippen LogP contribution in [-0.2, 0) is 22.0 Å². The van der Waals surface area contributed by atoms with Gasteiger partial charge in [-0.15, -0.1) is 0 Å². The monoisotopic (exact) mass is 333 g/mol. The van der Waals surface area contributed by atoms with E-state index in [0.29, 0.717) is 18.0 Å². The van der Waals surface area contributed by atoms with Gasteiger partial charge in [0.15, 0.2) is 0 Å². The van der Waals surface area contributed by atoms with E-state index in [-0.39, 0.29) is 16.7 Å². The molecule has 0 unspecified atom stereocenters. The lowest BCUT2D eigenvalue weighted by molar-refractivity contribution is -0.116. The second kappa shape index (κ2) is 6.23. The Kier molecular flexibility index (Phi) is 4.86. The molecular formula is C19H27NO2S. The maximum Gasteiger partial charge on any atom is 0.258 e. The Morgan fingerprint density at radius 3 is 2.04 bits per heavy atom. The zero-order chi connectivity index (χ0) is 17.4. The Labute approximate surface area is 143 Å². The average Bonchev–Trinajstić information content (AvgIpc) is 2.80. The first kappa shape index (κ1) is 17.9. The number of benzene rings is 1. The number of allylic oxidation sites excluding steroid dienone is 1. The maximum absolute atomic E-state index is 11.7. The molecule has 1 amide bonds. The molecule has 1 aliphatic rings. The van der Waals surface area contributed by atoms with Gasteiger partial charge in [0.2, 0.25) is 0 Å². The van der Waals surface area contributed by atoms with E-state index < -0.39 is 0 Å². The third kappa shape index (κ3) is 4.11. The third-order valence-corrected chi connectivity index (χ3v) is 4.94. The second-order valence-corrected chi connectivity index (χ2v) is 9.12. The van der Waals surface area contributed by atoms with E-state index >= 15 is 0 Å². The fourth-order valence-electron chi connectivity index (χ4n) is 2.65. The Bertz CT molecular complexity index is 613.